The monoisotopic (exact) mass is 285 g/mol. The molecule has 3 aromatic rings. The highest BCUT2D eigenvalue weighted by atomic mass is 32.1. The van der Waals surface area contributed by atoms with Gasteiger partial charge in [-0.1, -0.05) is 41.7 Å². The molecule has 0 atom stereocenters. The van der Waals surface area contributed by atoms with Gasteiger partial charge >= 0.3 is 5.97 Å². The van der Waals surface area contributed by atoms with Crippen LogP contribution in [-0.2, 0) is 0 Å². The average molecular weight is 285 g/mol. The van der Waals surface area contributed by atoms with Gasteiger partial charge in [0.05, 0.1) is 4.88 Å². The van der Waals surface area contributed by atoms with Gasteiger partial charge in [0.25, 0.3) is 0 Å². The molecule has 0 aliphatic carbocycles. The Balaban J connectivity index is 2.00. The van der Waals surface area contributed by atoms with E-state index in [4.69, 9.17) is 5.11 Å². The molecule has 0 bridgehead atoms. The predicted molar refractivity (Wildman–Crippen MR) is 76.4 cm³/mol. The molecule has 0 radical (unpaired) electrons. The second-order valence-electron chi connectivity index (χ2n) is 4.26. The number of carboxylic acid groups (broad SMARTS) is 1. The van der Waals surface area contributed by atoms with E-state index in [0.29, 0.717) is 5.13 Å². The van der Waals surface area contributed by atoms with E-state index < -0.39 is 5.97 Å². The topological polar surface area (TPSA) is 68.0 Å². The smallest absolute Gasteiger partial charge is 0.356 e. The van der Waals surface area contributed by atoms with E-state index in [1.165, 1.54) is 17.4 Å². The Bertz CT molecular complexity index is 762. The lowest BCUT2D eigenvalue weighted by atomic mass is 10.2. The first-order valence-corrected chi connectivity index (χ1v) is 6.78. The first-order valence-electron chi connectivity index (χ1n) is 5.97. The Morgan fingerprint density at radius 2 is 2.05 bits per heavy atom. The fourth-order valence-corrected chi connectivity index (χ4v) is 2.80. The summed E-state index contributed by atoms with van der Waals surface area (Å²) in [5.74, 6) is -1.04. The summed E-state index contributed by atoms with van der Waals surface area (Å²) in [5.41, 5.74) is 1.86. The Morgan fingerprint density at radius 1 is 1.30 bits per heavy atom. The lowest BCUT2D eigenvalue weighted by Gasteiger charge is -1.97. The molecule has 0 saturated carbocycles. The van der Waals surface area contributed by atoms with Crippen LogP contribution >= 0.6 is 11.3 Å². The molecule has 0 spiro atoms. The van der Waals surface area contributed by atoms with Crippen LogP contribution in [0.25, 0.3) is 15.6 Å². The normalized spacial score (nSPS) is 10.7. The summed E-state index contributed by atoms with van der Waals surface area (Å²) in [6.07, 6.45) is 1.77. The Morgan fingerprint density at radius 3 is 2.70 bits per heavy atom. The molecule has 0 aliphatic heterocycles. The van der Waals surface area contributed by atoms with Crippen LogP contribution in [0.15, 0.2) is 42.6 Å². The zero-order valence-electron chi connectivity index (χ0n) is 10.6. The first-order chi connectivity index (χ1) is 9.65. The summed E-state index contributed by atoms with van der Waals surface area (Å²) in [6.45, 7) is 1.81. The van der Waals surface area contributed by atoms with Gasteiger partial charge in [0, 0.05) is 11.9 Å². The Labute approximate surface area is 119 Å². The zero-order chi connectivity index (χ0) is 14.1. The molecule has 0 unspecified atom stereocenters. The van der Waals surface area contributed by atoms with E-state index >= 15 is 0 Å². The van der Waals surface area contributed by atoms with Crippen molar-refractivity contribution >= 4 is 17.3 Å². The largest absolute Gasteiger partial charge is 0.476 e. The molecule has 0 saturated heterocycles. The molecule has 1 N–H and O–H groups in total. The molecular weight excluding hydrogens is 274 g/mol. The van der Waals surface area contributed by atoms with Crippen molar-refractivity contribution in [2.75, 3.05) is 0 Å². The zero-order valence-corrected chi connectivity index (χ0v) is 11.5. The minimum absolute atomic E-state index is 0.0268. The second kappa shape index (κ2) is 4.90. The van der Waals surface area contributed by atoms with E-state index in [1.54, 1.807) is 10.9 Å². The van der Waals surface area contributed by atoms with Crippen molar-refractivity contribution in [2.45, 2.75) is 6.92 Å². The van der Waals surface area contributed by atoms with Crippen LogP contribution in [0.1, 0.15) is 16.2 Å². The molecule has 2 aromatic heterocycles. The van der Waals surface area contributed by atoms with Crippen molar-refractivity contribution < 1.29 is 9.90 Å². The van der Waals surface area contributed by atoms with Crippen molar-refractivity contribution in [3.63, 3.8) is 0 Å². The maximum Gasteiger partial charge on any atom is 0.356 e. The number of hydrogen-bond donors (Lipinski definition) is 1. The van der Waals surface area contributed by atoms with Crippen molar-refractivity contribution in [1.29, 1.82) is 0 Å². The quantitative estimate of drug-likeness (QED) is 0.803. The van der Waals surface area contributed by atoms with E-state index in [9.17, 15) is 4.79 Å². The standard InChI is InChI=1S/C14H11N3O2S/c1-9-7-11(13(18)19)16-17(9)14-15-8-12(20-14)10-5-3-2-4-6-10/h2-8H,1H3,(H,18,19). The summed E-state index contributed by atoms with van der Waals surface area (Å²) in [5, 5.41) is 13.7. The number of rotatable bonds is 3. The maximum absolute atomic E-state index is 10.9. The van der Waals surface area contributed by atoms with Gasteiger partial charge in [-0.3, -0.25) is 0 Å². The average Bonchev–Trinajstić information content (AvgIpc) is 3.06. The molecule has 0 aliphatic rings. The van der Waals surface area contributed by atoms with Gasteiger partial charge in [-0.15, -0.1) is 0 Å². The number of benzene rings is 1. The molecule has 1 aromatic carbocycles. The van der Waals surface area contributed by atoms with Crippen LogP contribution < -0.4 is 0 Å². The summed E-state index contributed by atoms with van der Waals surface area (Å²) in [6, 6.07) is 11.5. The van der Waals surface area contributed by atoms with Crippen molar-refractivity contribution in [2.24, 2.45) is 0 Å². The molecule has 3 rings (SSSR count). The van der Waals surface area contributed by atoms with Crippen molar-refractivity contribution in [1.82, 2.24) is 14.8 Å². The van der Waals surface area contributed by atoms with Crippen molar-refractivity contribution in [3.8, 4) is 15.6 Å². The fourth-order valence-electron chi connectivity index (χ4n) is 1.87. The predicted octanol–water partition coefficient (Wildman–Crippen LogP) is 3.00. The molecule has 0 fully saturated rings. The van der Waals surface area contributed by atoms with Gasteiger partial charge in [0.15, 0.2) is 5.69 Å². The number of aryl methyl sites for hydroxylation is 1. The van der Waals surface area contributed by atoms with Gasteiger partial charge in [-0.2, -0.15) is 5.10 Å². The van der Waals surface area contributed by atoms with E-state index in [0.717, 1.165) is 16.1 Å². The van der Waals surface area contributed by atoms with Crippen molar-refractivity contribution in [3.05, 3.63) is 54.0 Å². The fraction of sp³-hybridized carbons (Fsp3) is 0.0714. The first kappa shape index (κ1) is 12.6. The SMILES string of the molecule is Cc1cc(C(=O)O)nn1-c1ncc(-c2ccccc2)s1. The molecule has 100 valence electrons. The van der Waals surface area contributed by atoms with Gasteiger partial charge in [0.1, 0.15) is 0 Å². The molecule has 5 nitrogen and oxygen atoms in total. The minimum atomic E-state index is -1.04. The van der Waals surface area contributed by atoms with Crippen LogP contribution in [0, 0.1) is 6.92 Å². The second-order valence-corrected chi connectivity index (χ2v) is 5.27. The van der Waals surface area contributed by atoms with E-state index in [2.05, 4.69) is 10.1 Å². The number of carboxylic acids is 1. The van der Waals surface area contributed by atoms with Gasteiger partial charge in [0.2, 0.25) is 5.13 Å². The molecule has 6 heteroatoms. The number of aromatic nitrogens is 3. The molecule has 20 heavy (non-hydrogen) atoms. The number of carbonyl (C=O) groups is 1. The number of nitrogens with zero attached hydrogens (tertiary/aromatic N) is 3. The molecule has 2 heterocycles. The number of aromatic carboxylic acids is 1. The van der Waals surface area contributed by atoms with Gasteiger partial charge in [-0.05, 0) is 18.6 Å². The minimum Gasteiger partial charge on any atom is -0.476 e. The lowest BCUT2D eigenvalue weighted by Crippen LogP contribution is -2.01. The Kier molecular flexibility index (Phi) is 3.08. The van der Waals surface area contributed by atoms with Crippen LogP contribution in [-0.4, -0.2) is 25.8 Å². The van der Waals surface area contributed by atoms with Gasteiger partial charge in [-0.25, -0.2) is 14.5 Å². The molecule has 0 amide bonds. The number of hydrogen-bond acceptors (Lipinski definition) is 4. The highest BCUT2D eigenvalue weighted by Gasteiger charge is 2.14. The third-order valence-electron chi connectivity index (χ3n) is 2.84. The number of thiazole rings is 1. The maximum atomic E-state index is 10.9. The van der Waals surface area contributed by atoms with E-state index in [1.807, 2.05) is 37.3 Å². The van der Waals surface area contributed by atoms with Crippen LogP contribution in [0.3, 0.4) is 0 Å². The summed E-state index contributed by atoms with van der Waals surface area (Å²) >= 11 is 1.47. The van der Waals surface area contributed by atoms with Crippen LogP contribution in [0.4, 0.5) is 0 Å². The lowest BCUT2D eigenvalue weighted by molar-refractivity contribution is 0.0690. The highest BCUT2D eigenvalue weighted by molar-refractivity contribution is 7.17. The third-order valence-corrected chi connectivity index (χ3v) is 3.86. The summed E-state index contributed by atoms with van der Waals surface area (Å²) < 4.78 is 1.56. The van der Waals surface area contributed by atoms with E-state index in [-0.39, 0.29) is 5.69 Å². The summed E-state index contributed by atoms with van der Waals surface area (Å²) in [4.78, 5) is 16.3. The summed E-state index contributed by atoms with van der Waals surface area (Å²) in [7, 11) is 0. The third kappa shape index (κ3) is 2.21. The Hall–Kier alpha value is -2.47. The highest BCUT2D eigenvalue weighted by Crippen LogP contribution is 2.28. The van der Waals surface area contributed by atoms with Crippen LogP contribution in [0.5, 0.6) is 0 Å². The van der Waals surface area contributed by atoms with Crippen LogP contribution in [0.2, 0.25) is 0 Å². The molecular formula is C14H11N3O2S. The van der Waals surface area contributed by atoms with Gasteiger partial charge < -0.3 is 5.11 Å².